The molecule has 1 aromatic heterocycles. The first-order valence-electron chi connectivity index (χ1n) is 21.6. The average Bonchev–Trinajstić information content (AvgIpc) is 3.16. The number of carboxylic acids is 1. The molecule has 0 amide bonds. The van der Waals surface area contributed by atoms with Crippen molar-refractivity contribution in [3.63, 3.8) is 0 Å². The number of nitrogens with zero attached hydrogens (tertiary/aromatic N) is 1. The van der Waals surface area contributed by atoms with Crippen LogP contribution in [-0.2, 0) is 18.9 Å². The summed E-state index contributed by atoms with van der Waals surface area (Å²) in [5.41, 5.74) is 0. The van der Waals surface area contributed by atoms with Gasteiger partial charge < -0.3 is 24.9 Å². The Hall–Kier alpha value is -1.31. The molecule has 0 bridgehead atoms. The van der Waals surface area contributed by atoms with Gasteiger partial charge in [-0.15, -0.1) is 0 Å². The van der Waals surface area contributed by atoms with Crippen LogP contribution in [0.4, 0.5) is 0 Å². The first kappa shape index (κ1) is 54.7. The number of rotatable bonds is 38. The lowest BCUT2D eigenvalue weighted by Crippen LogP contribution is -2.55. The van der Waals surface area contributed by atoms with Gasteiger partial charge in [0.05, 0.1) is 0 Å². The van der Waals surface area contributed by atoms with Crippen molar-refractivity contribution in [3.05, 3.63) is 24.4 Å². The Morgan fingerprint density at radius 3 is 1.38 bits per heavy atom. The van der Waals surface area contributed by atoms with Gasteiger partial charge in [0.2, 0.25) is 0 Å². The van der Waals surface area contributed by atoms with Gasteiger partial charge in [0.1, 0.15) is 23.2 Å². The summed E-state index contributed by atoms with van der Waals surface area (Å²) in [6, 6.07) is 3.22. The monoisotopic (exact) mass is 848 g/mol. The van der Waals surface area contributed by atoms with E-state index in [-0.39, 0.29) is 30.2 Å². The topological polar surface area (TPSA) is 194 Å². The number of hydrogen-bond donors (Lipinski definition) is 6. The van der Waals surface area contributed by atoms with E-state index < -0.39 is 32.0 Å². The van der Waals surface area contributed by atoms with Crippen LogP contribution < -0.4 is 5.32 Å². The first-order valence-corrected chi connectivity index (χ1v) is 25.5. The van der Waals surface area contributed by atoms with E-state index in [1.807, 2.05) is 18.2 Å². The van der Waals surface area contributed by atoms with Crippen molar-refractivity contribution in [2.75, 3.05) is 5.75 Å². The maximum absolute atomic E-state index is 13.4. The number of aliphatic carboxylic acids is 1. The highest BCUT2D eigenvalue weighted by atomic mass is 33.1. The molecule has 0 aliphatic carbocycles. The maximum Gasteiger partial charge on any atom is 0.466 e. The van der Waals surface area contributed by atoms with Gasteiger partial charge in [-0.2, -0.15) is 0 Å². The smallest absolute Gasteiger partial charge is 0.466 e. The molecule has 0 saturated carbocycles. The van der Waals surface area contributed by atoms with Gasteiger partial charge in [-0.25, -0.2) is 9.55 Å². The van der Waals surface area contributed by atoms with Crippen LogP contribution in [0, 0.1) is 0 Å². The molecule has 1 rings (SSSR count). The molecule has 0 radical (unpaired) electrons. The van der Waals surface area contributed by atoms with Crippen LogP contribution in [0.15, 0.2) is 29.4 Å². The highest BCUT2D eigenvalue weighted by Crippen LogP contribution is 2.30. The number of carbonyl (C=O) groups excluding carboxylic acids is 2. The number of aromatic nitrogens is 1. The number of hydrogen-bond acceptors (Lipinski definition) is 9. The fraction of sp³-hybridized carbons (Fsp3) is 0.810. The molecule has 0 saturated heterocycles. The molecule has 0 aromatic carbocycles. The van der Waals surface area contributed by atoms with Crippen molar-refractivity contribution in [3.8, 4) is 0 Å². The van der Waals surface area contributed by atoms with E-state index in [9.17, 15) is 24.6 Å². The minimum atomic E-state index is -4.64. The third-order valence-electron chi connectivity index (χ3n) is 9.74. The van der Waals surface area contributed by atoms with Crippen molar-refractivity contribution in [2.24, 2.45) is 0 Å². The van der Waals surface area contributed by atoms with Gasteiger partial charge in [-0.3, -0.25) is 19.7 Å². The van der Waals surface area contributed by atoms with Gasteiger partial charge in [-0.1, -0.05) is 185 Å². The second-order valence-electron chi connectivity index (χ2n) is 14.9. The summed E-state index contributed by atoms with van der Waals surface area (Å²) in [6.07, 6.45) is 31.8. The molecule has 0 aliphatic rings. The van der Waals surface area contributed by atoms with E-state index in [4.69, 9.17) is 19.2 Å². The summed E-state index contributed by atoms with van der Waals surface area (Å²) < 4.78 is 8.88. The zero-order valence-corrected chi connectivity index (χ0v) is 37.2. The Labute approximate surface area is 346 Å². The number of Topliss-reactive ketones (excluding diaryl/α,β-unsaturated/α-hetero) is 2. The van der Waals surface area contributed by atoms with Gasteiger partial charge >= 0.3 is 13.8 Å². The number of phosphoric acid groups is 1. The van der Waals surface area contributed by atoms with Crippen molar-refractivity contribution in [1.29, 1.82) is 0 Å². The second-order valence-corrected chi connectivity index (χ2v) is 18.3. The van der Waals surface area contributed by atoms with E-state index in [0.717, 1.165) is 43.6 Å². The average molecular weight is 849 g/mol. The number of unbranched alkanes of at least 4 members (excludes halogenated alkanes) is 24. The number of carbonyl (C=O) groups is 3. The van der Waals surface area contributed by atoms with Gasteiger partial charge in [-0.05, 0) is 35.8 Å². The largest absolute Gasteiger partial charge is 0.480 e. The van der Waals surface area contributed by atoms with Crippen molar-refractivity contribution in [2.45, 2.75) is 217 Å². The molecule has 56 heavy (non-hydrogen) atoms. The van der Waals surface area contributed by atoms with Gasteiger partial charge in [0.25, 0.3) is 0 Å². The molecule has 14 heteroatoms. The molecule has 3 atom stereocenters. The molecular formula is C42H77N2O9PS2. The number of carboxylic acid groups (broad SMARTS) is 1. The quantitative estimate of drug-likeness (QED) is 0.0209. The SMILES string of the molecule is CCCCCCCCCCCCCCCC(=O)C(O)C(NC(CSSc1ccccn1)C(=O)O)C(=O)CCCCCCCCCCCCCCC.O=P(O)(O)O. The van der Waals surface area contributed by atoms with Crippen LogP contribution >= 0.6 is 29.4 Å². The predicted molar refractivity (Wildman–Crippen MR) is 232 cm³/mol. The van der Waals surface area contributed by atoms with E-state index in [1.165, 1.54) is 137 Å². The minimum Gasteiger partial charge on any atom is -0.480 e. The van der Waals surface area contributed by atoms with Crippen molar-refractivity contribution < 1.29 is 43.8 Å². The number of pyridine rings is 1. The highest BCUT2D eigenvalue weighted by molar-refractivity contribution is 8.76. The van der Waals surface area contributed by atoms with Crippen LogP contribution in [0.2, 0.25) is 0 Å². The first-order chi connectivity index (χ1) is 26.9. The van der Waals surface area contributed by atoms with Gasteiger partial charge in [0.15, 0.2) is 11.6 Å². The Balaban J connectivity index is 0.00000565. The summed E-state index contributed by atoms with van der Waals surface area (Å²) in [5.74, 6) is -1.62. The molecule has 326 valence electrons. The number of aliphatic hydroxyl groups is 1. The summed E-state index contributed by atoms with van der Waals surface area (Å²) in [4.78, 5) is 64.6. The third-order valence-corrected chi connectivity index (χ3v) is 12.0. The van der Waals surface area contributed by atoms with Crippen molar-refractivity contribution in [1.82, 2.24) is 10.3 Å². The lowest BCUT2D eigenvalue weighted by atomic mass is 9.94. The zero-order valence-electron chi connectivity index (χ0n) is 34.6. The summed E-state index contributed by atoms with van der Waals surface area (Å²) in [6.45, 7) is 4.50. The molecule has 1 aromatic rings. The summed E-state index contributed by atoms with van der Waals surface area (Å²) in [5, 5.41) is 24.8. The standard InChI is InChI=1S/C42H74N2O5S2.H3O4P/c1-3-5-7-9-11-13-15-17-19-21-23-25-27-31-37(45)40(44-36(42(48)49)35-50-51-39-33-29-30-34-43-39)41(47)38(46)32-28-26-24-22-20-18-16-14-12-10-8-6-4-2;1-5(2,3)4/h29-30,33-34,36,40-41,44,47H,3-28,31-32,35H2,1-2H3,(H,48,49);(H3,1,2,3,4). The lowest BCUT2D eigenvalue weighted by Gasteiger charge is -2.26. The number of aliphatic hydroxyl groups excluding tert-OH is 1. The predicted octanol–water partition coefficient (Wildman–Crippen LogP) is 10.8. The normalized spacial score (nSPS) is 13.1. The molecule has 11 nitrogen and oxygen atoms in total. The Morgan fingerprint density at radius 1 is 0.643 bits per heavy atom. The second kappa shape index (κ2) is 37.9. The van der Waals surface area contributed by atoms with Crippen LogP contribution in [0.3, 0.4) is 0 Å². The minimum absolute atomic E-state index is 0.152. The summed E-state index contributed by atoms with van der Waals surface area (Å²) in [7, 11) is -1.96. The van der Waals surface area contributed by atoms with Crippen LogP contribution in [-0.4, -0.2) is 71.4 Å². The molecule has 1 heterocycles. The Bertz CT molecular complexity index is 1140. The molecule has 0 spiro atoms. The highest BCUT2D eigenvalue weighted by Gasteiger charge is 2.34. The van der Waals surface area contributed by atoms with E-state index in [0.29, 0.717) is 12.8 Å². The molecular weight excluding hydrogens is 772 g/mol. The van der Waals surface area contributed by atoms with E-state index in [2.05, 4.69) is 24.1 Å². The third kappa shape index (κ3) is 35.8. The van der Waals surface area contributed by atoms with Crippen LogP contribution in [0.25, 0.3) is 0 Å². The molecule has 3 unspecified atom stereocenters. The number of ketones is 2. The van der Waals surface area contributed by atoms with Crippen LogP contribution in [0.5, 0.6) is 0 Å². The van der Waals surface area contributed by atoms with E-state index >= 15 is 0 Å². The van der Waals surface area contributed by atoms with E-state index in [1.54, 1.807) is 6.20 Å². The lowest BCUT2D eigenvalue weighted by molar-refractivity contribution is -0.141. The fourth-order valence-electron chi connectivity index (χ4n) is 6.45. The fourth-order valence-corrected chi connectivity index (χ4v) is 8.52. The summed E-state index contributed by atoms with van der Waals surface area (Å²) >= 11 is 0. The Kier molecular flexibility index (Phi) is 37.0. The maximum atomic E-state index is 13.4. The molecule has 6 N–H and O–H groups in total. The number of nitrogens with one attached hydrogen (secondary N) is 1. The van der Waals surface area contributed by atoms with Crippen LogP contribution in [0.1, 0.15) is 194 Å². The molecule has 0 fully saturated rings. The zero-order chi connectivity index (χ0) is 41.7. The van der Waals surface area contributed by atoms with Gasteiger partial charge in [0, 0.05) is 24.8 Å². The Morgan fingerprint density at radius 2 is 1.02 bits per heavy atom. The van der Waals surface area contributed by atoms with Crippen molar-refractivity contribution >= 4 is 46.9 Å². The molecule has 0 aliphatic heterocycles.